The van der Waals surface area contributed by atoms with E-state index in [1.807, 2.05) is 0 Å². The van der Waals surface area contributed by atoms with E-state index in [-0.39, 0.29) is 18.2 Å². The van der Waals surface area contributed by atoms with Gasteiger partial charge in [0.2, 0.25) is 0 Å². The van der Waals surface area contributed by atoms with Crippen molar-refractivity contribution in [3.63, 3.8) is 0 Å². The van der Waals surface area contributed by atoms with Gasteiger partial charge in [-0.3, -0.25) is 4.79 Å². The minimum Gasteiger partial charge on any atom is -0.465 e. The molecule has 0 saturated heterocycles. The first-order valence-corrected chi connectivity index (χ1v) is 10.2. The van der Waals surface area contributed by atoms with Crippen molar-refractivity contribution >= 4 is 17.7 Å². The molecule has 1 rings (SSSR count). The molecular weight excluding hydrogens is 312 g/mol. The monoisotopic (exact) mass is 346 g/mol. The number of carbonyl (C=O) groups is 1. The Bertz CT molecular complexity index is 324. The Morgan fingerprint density at radius 2 is 2.13 bits per heavy atom. The molecule has 136 valence electrons. The lowest BCUT2D eigenvalue weighted by molar-refractivity contribution is -0.141. The highest BCUT2D eigenvalue weighted by Gasteiger charge is 2.29. The maximum absolute atomic E-state index is 11.8. The summed E-state index contributed by atoms with van der Waals surface area (Å²) in [5.74, 6) is 2.31. The number of thioether (sulfide) groups is 1. The number of rotatable bonds is 11. The summed E-state index contributed by atoms with van der Waals surface area (Å²) in [6.07, 6.45) is 6.93. The fourth-order valence-electron chi connectivity index (χ4n) is 3.06. The third-order valence-corrected chi connectivity index (χ3v) is 5.91. The van der Waals surface area contributed by atoms with Crippen LogP contribution in [-0.4, -0.2) is 48.5 Å². The van der Waals surface area contributed by atoms with E-state index < -0.39 is 0 Å². The first-order chi connectivity index (χ1) is 11.1. The lowest BCUT2D eigenvalue weighted by atomic mass is 9.86. The highest BCUT2D eigenvalue weighted by Crippen LogP contribution is 2.29. The van der Waals surface area contributed by atoms with Crippen LogP contribution in [0.4, 0.5) is 0 Å². The second-order valence-corrected chi connectivity index (χ2v) is 7.67. The van der Waals surface area contributed by atoms with Gasteiger partial charge < -0.3 is 14.6 Å². The van der Waals surface area contributed by atoms with Crippen LogP contribution in [-0.2, 0) is 14.3 Å². The van der Waals surface area contributed by atoms with Gasteiger partial charge in [0.1, 0.15) is 0 Å². The third-order valence-electron chi connectivity index (χ3n) is 4.76. The molecule has 0 amide bonds. The molecule has 1 aliphatic rings. The average molecular weight is 347 g/mol. The van der Waals surface area contributed by atoms with Gasteiger partial charge in [0, 0.05) is 7.11 Å². The van der Waals surface area contributed by atoms with E-state index in [0.717, 1.165) is 37.9 Å². The summed E-state index contributed by atoms with van der Waals surface area (Å²) < 4.78 is 10.7. The van der Waals surface area contributed by atoms with E-state index in [9.17, 15) is 9.90 Å². The van der Waals surface area contributed by atoms with Gasteiger partial charge in [-0.1, -0.05) is 33.1 Å². The number of carbonyl (C=O) groups excluding carboxylic acids is 1. The van der Waals surface area contributed by atoms with Gasteiger partial charge >= 0.3 is 5.97 Å². The molecule has 4 atom stereocenters. The number of aliphatic hydroxyl groups excluding tert-OH is 1. The largest absolute Gasteiger partial charge is 0.465 e. The van der Waals surface area contributed by atoms with Crippen LogP contribution in [0.5, 0.6) is 0 Å². The number of methoxy groups -OCH3 is 1. The highest BCUT2D eigenvalue weighted by molar-refractivity contribution is 7.99. The van der Waals surface area contributed by atoms with E-state index in [4.69, 9.17) is 9.47 Å². The molecule has 0 aromatic rings. The Morgan fingerprint density at radius 1 is 1.35 bits per heavy atom. The highest BCUT2D eigenvalue weighted by atomic mass is 32.2. The van der Waals surface area contributed by atoms with E-state index in [1.165, 1.54) is 12.8 Å². The van der Waals surface area contributed by atoms with E-state index in [1.54, 1.807) is 18.9 Å². The van der Waals surface area contributed by atoms with Gasteiger partial charge in [-0.2, -0.15) is 0 Å². The molecule has 0 radical (unpaired) electrons. The summed E-state index contributed by atoms with van der Waals surface area (Å²) in [7, 11) is 1.66. The Labute approximate surface area is 145 Å². The van der Waals surface area contributed by atoms with Crippen LogP contribution in [0.25, 0.3) is 0 Å². The number of hydrogen-bond acceptors (Lipinski definition) is 5. The summed E-state index contributed by atoms with van der Waals surface area (Å²) >= 11 is 1.65. The van der Waals surface area contributed by atoms with Gasteiger partial charge in [0.05, 0.1) is 24.6 Å². The van der Waals surface area contributed by atoms with E-state index in [2.05, 4.69) is 13.8 Å². The number of esters is 1. The number of unbranched alkanes of at least 4 members (excludes halogenated alkanes) is 1. The number of ether oxygens (including phenoxy) is 2. The van der Waals surface area contributed by atoms with Gasteiger partial charge in [-0.05, 0) is 43.3 Å². The maximum Gasteiger partial charge on any atom is 0.315 e. The number of hydrogen-bond donors (Lipinski definition) is 1. The predicted octanol–water partition coefficient (Wildman–Crippen LogP) is 3.66. The smallest absolute Gasteiger partial charge is 0.315 e. The first kappa shape index (κ1) is 20.8. The fraction of sp³-hybridized carbons (Fsp3) is 0.944. The van der Waals surface area contributed by atoms with Gasteiger partial charge in [0.25, 0.3) is 0 Å². The molecule has 0 aliphatic heterocycles. The molecule has 0 spiro atoms. The van der Waals surface area contributed by atoms with Crippen LogP contribution in [0.1, 0.15) is 58.8 Å². The van der Waals surface area contributed by atoms with Crippen molar-refractivity contribution in [1.29, 1.82) is 0 Å². The zero-order valence-corrected chi connectivity index (χ0v) is 15.8. The minimum atomic E-state index is -0.333. The Balaban J connectivity index is 2.14. The molecule has 4 nitrogen and oxygen atoms in total. The average Bonchev–Trinajstić information content (AvgIpc) is 2.56. The van der Waals surface area contributed by atoms with Crippen molar-refractivity contribution in [1.82, 2.24) is 0 Å². The minimum absolute atomic E-state index is 0.0508. The maximum atomic E-state index is 11.8. The summed E-state index contributed by atoms with van der Waals surface area (Å²) in [6, 6.07) is 0. The standard InChI is InChI=1S/C18H34O4S/c1-4-6-7-14(5-2)11-22-18(20)13-23-12-15-8-9-16(19)17(10-15)21-3/h14-17,19H,4-13H2,1-3H3. The molecular formula is C18H34O4S. The second-order valence-electron chi connectivity index (χ2n) is 6.64. The van der Waals surface area contributed by atoms with Gasteiger partial charge in [0.15, 0.2) is 0 Å². The molecule has 5 heteroatoms. The van der Waals surface area contributed by atoms with Crippen LogP contribution in [0.15, 0.2) is 0 Å². The molecule has 1 aliphatic carbocycles. The zero-order chi connectivity index (χ0) is 17.1. The lowest BCUT2D eigenvalue weighted by Gasteiger charge is -2.32. The van der Waals surface area contributed by atoms with Crippen molar-refractivity contribution in [3.05, 3.63) is 0 Å². The lowest BCUT2D eigenvalue weighted by Crippen LogP contribution is -2.35. The molecule has 23 heavy (non-hydrogen) atoms. The van der Waals surface area contributed by atoms with Crippen LogP contribution in [0.2, 0.25) is 0 Å². The van der Waals surface area contributed by atoms with Gasteiger partial charge in [-0.15, -0.1) is 11.8 Å². The fourth-order valence-corrected chi connectivity index (χ4v) is 4.06. The number of aliphatic hydroxyl groups is 1. The Kier molecular flexibility index (Phi) is 11.0. The zero-order valence-electron chi connectivity index (χ0n) is 15.0. The SMILES string of the molecule is CCCCC(CC)COC(=O)CSCC1CCC(O)C(OC)C1. The molecule has 0 bridgehead atoms. The predicted molar refractivity (Wildman–Crippen MR) is 95.7 cm³/mol. The molecule has 4 unspecified atom stereocenters. The molecule has 0 aromatic carbocycles. The quantitative estimate of drug-likeness (QED) is 0.579. The van der Waals surface area contributed by atoms with Crippen molar-refractivity contribution in [2.45, 2.75) is 71.0 Å². The molecule has 1 saturated carbocycles. The first-order valence-electron chi connectivity index (χ1n) is 9.04. The Hall–Kier alpha value is -0.260. The molecule has 1 fully saturated rings. The summed E-state index contributed by atoms with van der Waals surface area (Å²) in [5, 5.41) is 9.80. The van der Waals surface area contributed by atoms with Crippen molar-refractivity contribution < 1.29 is 19.4 Å². The topological polar surface area (TPSA) is 55.8 Å². The molecule has 0 heterocycles. The van der Waals surface area contributed by atoms with Crippen LogP contribution >= 0.6 is 11.8 Å². The summed E-state index contributed by atoms with van der Waals surface area (Å²) in [4.78, 5) is 11.8. The van der Waals surface area contributed by atoms with Gasteiger partial charge in [-0.25, -0.2) is 0 Å². The van der Waals surface area contributed by atoms with Crippen molar-refractivity contribution in [2.75, 3.05) is 25.2 Å². The summed E-state index contributed by atoms with van der Waals surface area (Å²) in [5.41, 5.74) is 0. The van der Waals surface area contributed by atoms with E-state index >= 15 is 0 Å². The van der Waals surface area contributed by atoms with Crippen LogP contribution < -0.4 is 0 Å². The van der Waals surface area contributed by atoms with E-state index in [0.29, 0.717) is 24.2 Å². The Morgan fingerprint density at radius 3 is 2.78 bits per heavy atom. The van der Waals surface area contributed by atoms with Crippen molar-refractivity contribution in [3.8, 4) is 0 Å². The third kappa shape index (κ3) is 8.41. The van der Waals surface area contributed by atoms with Crippen LogP contribution in [0, 0.1) is 11.8 Å². The molecule has 0 aromatic heterocycles. The molecule has 1 N–H and O–H groups in total. The normalized spacial score (nSPS) is 26.0. The van der Waals surface area contributed by atoms with Crippen LogP contribution in [0.3, 0.4) is 0 Å². The van der Waals surface area contributed by atoms with Crippen molar-refractivity contribution in [2.24, 2.45) is 11.8 Å². The second kappa shape index (κ2) is 12.2. The summed E-state index contributed by atoms with van der Waals surface area (Å²) in [6.45, 7) is 4.91.